The fourth-order valence-corrected chi connectivity index (χ4v) is 4.23. The maximum Gasteiger partial charge on any atom is 0.267 e. The Morgan fingerprint density at radius 2 is 2.11 bits per heavy atom. The number of carbonyl (C=O) groups is 1. The maximum absolute atomic E-state index is 13.0. The minimum atomic E-state index is -0.215. The van der Waals surface area contributed by atoms with Gasteiger partial charge in [-0.2, -0.15) is 0 Å². The number of amides is 1. The Morgan fingerprint density at radius 1 is 1.33 bits per heavy atom. The summed E-state index contributed by atoms with van der Waals surface area (Å²) in [4.78, 5) is 32.5. The van der Waals surface area contributed by atoms with Crippen molar-refractivity contribution in [3.63, 3.8) is 0 Å². The first-order valence-corrected chi connectivity index (χ1v) is 10.2. The number of thiocarbonyl (C=S) groups is 1. The van der Waals surface area contributed by atoms with E-state index in [1.807, 2.05) is 26.8 Å². The van der Waals surface area contributed by atoms with E-state index >= 15 is 0 Å². The van der Waals surface area contributed by atoms with Crippen LogP contribution in [-0.2, 0) is 4.79 Å². The Labute approximate surface area is 167 Å². The van der Waals surface area contributed by atoms with Gasteiger partial charge in [0.05, 0.1) is 10.5 Å². The van der Waals surface area contributed by atoms with Gasteiger partial charge >= 0.3 is 0 Å². The number of thioether (sulfide) groups is 1. The Kier molecular flexibility index (Phi) is 5.96. The zero-order valence-electron chi connectivity index (χ0n) is 15.6. The molecule has 1 atom stereocenters. The lowest BCUT2D eigenvalue weighted by atomic mass is 10.2. The van der Waals surface area contributed by atoms with E-state index in [0.29, 0.717) is 32.8 Å². The molecule has 2 aromatic rings. The van der Waals surface area contributed by atoms with Gasteiger partial charge in [0.15, 0.2) is 0 Å². The summed E-state index contributed by atoms with van der Waals surface area (Å²) < 4.78 is 2.01. The van der Waals surface area contributed by atoms with Gasteiger partial charge < -0.3 is 5.32 Å². The van der Waals surface area contributed by atoms with Gasteiger partial charge in [0.25, 0.3) is 11.5 Å². The molecule has 8 heteroatoms. The highest BCUT2D eigenvalue weighted by atomic mass is 32.2. The van der Waals surface area contributed by atoms with E-state index in [2.05, 4.69) is 10.3 Å². The van der Waals surface area contributed by atoms with Crippen molar-refractivity contribution in [3.05, 3.63) is 45.2 Å². The summed E-state index contributed by atoms with van der Waals surface area (Å²) in [7, 11) is 0. The van der Waals surface area contributed by atoms with E-state index < -0.39 is 0 Å². The van der Waals surface area contributed by atoms with Crippen molar-refractivity contribution in [3.8, 4) is 0 Å². The van der Waals surface area contributed by atoms with Gasteiger partial charge in [-0.1, -0.05) is 43.9 Å². The van der Waals surface area contributed by atoms with Gasteiger partial charge in [-0.05, 0) is 38.0 Å². The molecule has 6 nitrogen and oxygen atoms in total. The second-order valence-corrected chi connectivity index (χ2v) is 8.02. The van der Waals surface area contributed by atoms with Gasteiger partial charge in [-0.3, -0.25) is 18.9 Å². The van der Waals surface area contributed by atoms with E-state index in [9.17, 15) is 9.59 Å². The molecule has 1 fully saturated rings. The number of anilines is 1. The molecule has 0 unspecified atom stereocenters. The first-order valence-electron chi connectivity index (χ1n) is 9.00. The molecule has 0 aliphatic carbocycles. The second kappa shape index (κ2) is 8.22. The number of carbonyl (C=O) groups excluding carboxylic acids is 1. The molecular weight excluding hydrogens is 380 g/mol. The maximum atomic E-state index is 13.0. The Balaban J connectivity index is 2.11. The Bertz CT molecular complexity index is 983. The lowest BCUT2D eigenvalue weighted by Gasteiger charge is -2.21. The molecule has 1 saturated heterocycles. The van der Waals surface area contributed by atoms with E-state index in [1.165, 1.54) is 16.2 Å². The van der Waals surface area contributed by atoms with Crippen LogP contribution in [-0.4, -0.2) is 37.1 Å². The topological polar surface area (TPSA) is 66.7 Å². The second-order valence-electron chi connectivity index (χ2n) is 6.34. The van der Waals surface area contributed by atoms with E-state index in [4.69, 9.17) is 12.2 Å². The van der Waals surface area contributed by atoms with Crippen LogP contribution in [0.5, 0.6) is 0 Å². The summed E-state index contributed by atoms with van der Waals surface area (Å²) in [5, 5.41) is 3.21. The summed E-state index contributed by atoms with van der Waals surface area (Å²) in [6.07, 6.45) is 5.00. The summed E-state index contributed by atoms with van der Waals surface area (Å²) >= 11 is 6.61. The van der Waals surface area contributed by atoms with Crippen LogP contribution in [0.3, 0.4) is 0 Å². The van der Waals surface area contributed by atoms with Crippen LogP contribution in [0.4, 0.5) is 5.82 Å². The summed E-state index contributed by atoms with van der Waals surface area (Å²) in [5.74, 6) is 0.334. The van der Waals surface area contributed by atoms with Crippen molar-refractivity contribution >= 4 is 51.7 Å². The largest absolute Gasteiger partial charge is 0.369 e. The van der Waals surface area contributed by atoms with Crippen molar-refractivity contribution in [2.75, 3.05) is 11.9 Å². The highest BCUT2D eigenvalue weighted by Crippen LogP contribution is 2.34. The summed E-state index contributed by atoms with van der Waals surface area (Å²) in [6.45, 7) is 6.70. The molecule has 3 heterocycles. The molecule has 2 aromatic heterocycles. The smallest absolute Gasteiger partial charge is 0.267 e. The molecule has 0 saturated carbocycles. The number of nitrogens with one attached hydrogen (secondary N) is 1. The molecular formula is C19H22N4O2S2. The highest BCUT2D eigenvalue weighted by Gasteiger charge is 2.35. The molecule has 142 valence electrons. The van der Waals surface area contributed by atoms with Gasteiger partial charge in [0.2, 0.25) is 0 Å². The van der Waals surface area contributed by atoms with E-state index in [0.717, 1.165) is 12.8 Å². The fraction of sp³-hybridized carbons (Fsp3) is 0.368. The molecule has 1 aliphatic heterocycles. The monoisotopic (exact) mass is 402 g/mol. The van der Waals surface area contributed by atoms with Crippen LogP contribution < -0.4 is 10.9 Å². The van der Waals surface area contributed by atoms with Gasteiger partial charge in [-0.25, -0.2) is 4.98 Å². The van der Waals surface area contributed by atoms with Gasteiger partial charge in [-0.15, -0.1) is 0 Å². The van der Waals surface area contributed by atoms with Crippen molar-refractivity contribution in [1.82, 2.24) is 14.3 Å². The molecule has 0 bridgehead atoms. The van der Waals surface area contributed by atoms with Crippen LogP contribution in [0.2, 0.25) is 0 Å². The molecule has 1 aliphatic rings. The minimum absolute atomic E-state index is 0.0249. The number of hydrogen-bond acceptors (Lipinski definition) is 6. The number of rotatable bonds is 6. The molecule has 0 spiro atoms. The average molecular weight is 403 g/mol. The number of aromatic nitrogens is 2. The predicted molar refractivity (Wildman–Crippen MR) is 115 cm³/mol. The average Bonchev–Trinajstić information content (AvgIpc) is 2.95. The lowest BCUT2D eigenvalue weighted by Crippen LogP contribution is -2.36. The van der Waals surface area contributed by atoms with Crippen molar-refractivity contribution in [2.24, 2.45) is 0 Å². The third-order valence-corrected chi connectivity index (χ3v) is 5.77. The van der Waals surface area contributed by atoms with Gasteiger partial charge in [0.1, 0.15) is 15.8 Å². The Hall–Kier alpha value is -2.19. The van der Waals surface area contributed by atoms with E-state index in [1.54, 1.807) is 29.3 Å². The van der Waals surface area contributed by atoms with Crippen LogP contribution in [0.15, 0.2) is 34.1 Å². The normalized spacial score (nSPS) is 17.1. The van der Waals surface area contributed by atoms with Crippen LogP contribution in [0.1, 0.15) is 39.2 Å². The van der Waals surface area contributed by atoms with Gasteiger partial charge in [0, 0.05) is 18.8 Å². The zero-order valence-corrected chi connectivity index (χ0v) is 17.2. The van der Waals surface area contributed by atoms with Crippen molar-refractivity contribution < 1.29 is 4.79 Å². The molecule has 0 aromatic carbocycles. The zero-order chi connectivity index (χ0) is 19.6. The van der Waals surface area contributed by atoms with Crippen LogP contribution in [0.25, 0.3) is 11.7 Å². The summed E-state index contributed by atoms with van der Waals surface area (Å²) in [6, 6.07) is 5.42. The molecule has 1 N–H and O–H groups in total. The number of nitrogens with zero attached hydrogens (tertiary/aromatic N) is 3. The minimum Gasteiger partial charge on any atom is -0.369 e. The molecule has 27 heavy (non-hydrogen) atoms. The number of fused-ring (bicyclic) bond motifs is 1. The number of hydrogen-bond donors (Lipinski definition) is 1. The standard InChI is InChI=1S/C19H22N4O2S2/c1-4-9-20-16-13(17(24)22-10-7-6-8-15(22)21-16)11-14-18(25)23(12(3)5-2)19(26)27-14/h6-8,10-12,20H,4-5,9H2,1-3H3/b14-11-/t12-/m1/s1. The quantitative estimate of drug-likeness (QED) is 0.589. The molecule has 0 radical (unpaired) electrons. The van der Waals surface area contributed by atoms with E-state index in [-0.39, 0.29) is 17.5 Å². The summed E-state index contributed by atoms with van der Waals surface area (Å²) in [5.41, 5.74) is 0.718. The third kappa shape index (κ3) is 3.77. The first-order chi connectivity index (χ1) is 13.0. The first kappa shape index (κ1) is 19.6. The van der Waals surface area contributed by atoms with Crippen LogP contribution >= 0.6 is 24.0 Å². The van der Waals surface area contributed by atoms with Crippen molar-refractivity contribution in [2.45, 2.75) is 39.7 Å². The molecule has 1 amide bonds. The lowest BCUT2D eigenvalue weighted by molar-refractivity contribution is -0.123. The fourth-order valence-electron chi connectivity index (χ4n) is 2.78. The molecule has 3 rings (SSSR count). The third-order valence-electron chi connectivity index (χ3n) is 4.44. The predicted octanol–water partition coefficient (Wildman–Crippen LogP) is 3.52. The Morgan fingerprint density at radius 3 is 2.81 bits per heavy atom. The highest BCUT2D eigenvalue weighted by molar-refractivity contribution is 8.26. The number of pyridine rings is 1. The van der Waals surface area contributed by atoms with Crippen LogP contribution in [0, 0.1) is 0 Å². The van der Waals surface area contributed by atoms with Crippen molar-refractivity contribution in [1.29, 1.82) is 0 Å². The SMILES string of the molecule is CCCNc1nc2ccccn2c(=O)c1/C=C1\SC(=S)N([C@H](C)CC)C1=O.